The van der Waals surface area contributed by atoms with Gasteiger partial charge in [0.1, 0.15) is 6.61 Å². The van der Waals surface area contributed by atoms with E-state index in [9.17, 15) is 0 Å². The third kappa shape index (κ3) is 7.47. The average Bonchev–Trinajstić information content (AvgIpc) is 2.75. The zero-order chi connectivity index (χ0) is 19.4. The summed E-state index contributed by atoms with van der Waals surface area (Å²) in [6.45, 7) is 0.487. The van der Waals surface area contributed by atoms with Crippen molar-refractivity contribution in [2.24, 2.45) is 4.40 Å². The van der Waals surface area contributed by atoms with Crippen LogP contribution >= 0.6 is 35.3 Å². The van der Waals surface area contributed by atoms with Gasteiger partial charge in [-0.25, -0.2) is 0 Å². The first-order valence-electron chi connectivity index (χ1n) is 8.79. The Morgan fingerprint density at radius 2 is 1.54 bits per heavy atom. The molecule has 2 nitrogen and oxygen atoms in total. The fraction of sp³-hybridized carbons (Fsp3) is 0.0870. The predicted octanol–water partition coefficient (Wildman–Crippen LogP) is 7.41. The number of benzene rings is 3. The molecule has 0 aliphatic heterocycles. The summed E-state index contributed by atoms with van der Waals surface area (Å²) in [4.78, 5) is 1.07. The van der Waals surface area contributed by atoms with E-state index < -0.39 is 0 Å². The molecule has 0 radical (unpaired) electrons. The summed E-state index contributed by atoms with van der Waals surface area (Å²) in [5, 5.41) is 2.77. The second kappa shape index (κ2) is 11.6. The van der Waals surface area contributed by atoms with Crippen LogP contribution in [0.15, 0.2) is 106 Å². The van der Waals surface area contributed by atoms with E-state index in [1.54, 1.807) is 11.8 Å². The molecule has 5 heteroatoms. The van der Waals surface area contributed by atoms with Crippen molar-refractivity contribution < 1.29 is 4.74 Å². The maximum Gasteiger partial charge on any atom is 0.221 e. The molecule has 142 valence electrons. The molecular weight excluding hydrogens is 406 g/mol. The highest BCUT2D eigenvalue weighted by molar-refractivity contribution is 8.01. The number of ether oxygens (including phenoxy) is 1. The first-order chi connectivity index (χ1) is 13.8. The lowest BCUT2D eigenvalue weighted by molar-refractivity contribution is 0.296. The lowest BCUT2D eigenvalue weighted by Gasteiger charge is -2.06. The maximum atomic E-state index is 5.93. The molecular formula is C23H20ClNOS2. The number of halogens is 1. The van der Waals surface area contributed by atoms with Crippen molar-refractivity contribution in [3.05, 3.63) is 113 Å². The molecule has 0 aliphatic carbocycles. The maximum absolute atomic E-state index is 5.93. The fourth-order valence-corrected chi connectivity index (χ4v) is 3.65. The van der Waals surface area contributed by atoms with Gasteiger partial charge in [0, 0.05) is 33.7 Å². The number of hydrogen-bond donors (Lipinski definition) is 0. The number of thioether (sulfide) groups is 1. The van der Waals surface area contributed by atoms with E-state index in [4.69, 9.17) is 16.3 Å². The van der Waals surface area contributed by atoms with Gasteiger partial charge in [0.25, 0.3) is 0 Å². The Hall–Kier alpha value is -2.14. The standard InChI is InChI=1S/C23H20ClNOS2/c24-21-13-11-20(12-14-21)18-27-16-15-23(25-28-22-9-5-2-6-10-22)26-17-19-7-3-1-4-8-19/h1-16H,17-18H2/b16-15+,25-23-. The second-order valence-corrected chi connectivity index (χ2v) is 8.02. The van der Waals surface area contributed by atoms with E-state index in [0.717, 1.165) is 21.2 Å². The van der Waals surface area contributed by atoms with Gasteiger partial charge in [-0.05, 0) is 40.8 Å². The molecule has 3 rings (SSSR count). The van der Waals surface area contributed by atoms with Gasteiger partial charge in [0.05, 0.1) is 0 Å². The molecule has 0 saturated heterocycles. The van der Waals surface area contributed by atoms with Crippen LogP contribution in [-0.4, -0.2) is 5.90 Å². The van der Waals surface area contributed by atoms with E-state index in [1.165, 1.54) is 17.5 Å². The van der Waals surface area contributed by atoms with Crippen LogP contribution in [0.4, 0.5) is 0 Å². The van der Waals surface area contributed by atoms with Crippen LogP contribution in [0, 0.1) is 0 Å². The zero-order valence-corrected chi connectivity index (χ0v) is 17.6. The molecule has 0 saturated carbocycles. The van der Waals surface area contributed by atoms with E-state index in [-0.39, 0.29) is 0 Å². The first-order valence-corrected chi connectivity index (χ1v) is 11.0. The fourth-order valence-electron chi connectivity index (χ4n) is 2.25. The van der Waals surface area contributed by atoms with Crippen molar-refractivity contribution in [1.29, 1.82) is 0 Å². The highest BCUT2D eigenvalue weighted by Crippen LogP contribution is 2.20. The summed E-state index contributed by atoms with van der Waals surface area (Å²) in [5.41, 5.74) is 2.34. The van der Waals surface area contributed by atoms with Crippen LogP contribution in [-0.2, 0) is 17.1 Å². The van der Waals surface area contributed by atoms with Crippen LogP contribution in [0.1, 0.15) is 11.1 Å². The molecule has 0 unspecified atom stereocenters. The molecule has 0 aliphatic rings. The normalized spacial score (nSPS) is 11.7. The predicted molar refractivity (Wildman–Crippen MR) is 123 cm³/mol. The Morgan fingerprint density at radius 1 is 0.857 bits per heavy atom. The smallest absolute Gasteiger partial charge is 0.221 e. The summed E-state index contributed by atoms with van der Waals surface area (Å²) in [6.07, 6.45) is 1.92. The van der Waals surface area contributed by atoms with Crippen LogP contribution in [0.5, 0.6) is 0 Å². The Kier molecular flexibility index (Phi) is 8.56. The van der Waals surface area contributed by atoms with Crippen LogP contribution in [0.3, 0.4) is 0 Å². The molecule has 3 aromatic carbocycles. The Bertz CT molecular complexity index is 897. The number of hydrogen-bond acceptors (Lipinski definition) is 4. The summed E-state index contributed by atoms with van der Waals surface area (Å²) >= 11 is 9.03. The molecule has 0 N–H and O–H groups in total. The molecule has 0 fully saturated rings. The minimum Gasteiger partial charge on any atom is -0.472 e. The Balaban J connectivity index is 1.59. The quantitative estimate of drug-likeness (QED) is 0.213. The van der Waals surface area contributed by atoms with Crippen molar-refractivity contribution in [2.75, 3.05) is 0 Å². The van der Waals surface area contributed by atoms with Crippen molar-refractivity contribution in [3.8, 4) is 0 Å². The summed E-state index contributed by atoms with van der Waals surface area (Å²) in [5.74, 6) is 1.46. The van der Waals surface area contributed by atoms with E-state index in [0.29, 0.717) is 12.5 Å². The molecule has 28 heavy (non-hydrogen) atoms. The van der Waals surface area contributed by atoms with E-state index >= 15 is 0 Å². The number of rotatable bonds is 8. The average molecular weight is 426 g/mol. The van der Waals surface area contributed by atoms with E-state index in [1.807, 2.05) is 96.4 Å². The summed E-state index contributed by atoms with van der Waals surface area (Å²) < 4.78 is 10.5. The second-order valence-electron chi connectivity index (χ2n) is 5.85. The van der Waals surface area contributed by atoms with Crippen molar-refractivity contribution in [3.63, 3.8) is 0 Å². The monoisotopic (exact) mass is 425 g/mol. The van der Waals surface area contributed by atoms with Crippen LogP contribution in [0.25, 0.3) is 0 Å². The van der Waals surface area contributed by atoms with Crippen molar-refractivity contribution in [2.45, 2.75) is 17.3 Å². The van der Waals surface area contributed by atoms with Crippen LogP contribution in [0.2, 0.25) is 5.02 Å². The number of nitrogens with zero attached hydrogens (tertiary/aromatic N) is 1. The molecule has 0 aromatic heterocycles. The van der Waals surface area contributed by atoms with Gasteiger partial charge >= 0.3 is 0 Å². The zero-order valence-electron chi connectivity index (χ0n) is 15.2. The molecule has 0 heterocycles. The van der Waals surface area contributed by atoms with Gasteiger partial charge in [-0.15, -0.1) is 11.8 Å². The lowest BCUT2D eigenvalue weighted by Crippen LogP contribution is -2.01. The first kappa shape index (κ1) is 20.6. The van der Waals surface area contributed by atoms with Crippen molar-refractivity contribution in [1.82, 2.24) is 0 Å². The van der Waals surface area contributed by atoms with Gasteiger partial charge in [-0.2, -0.15) is 4.40 Å². The molecule has 0 amide bonds. The molecule has 0 spiro atoms. The minimum atomic E-state index is 0.487. The minimum absolute atomic E-state index is 0.487. The van der Waals surface area contributed by atoms with Gasteiger partial charge in [0.15, 0.2) is 0 Å². The van der Waals surface area contributed by atoms with Crippen LogP contribution < -0.4 is 0 Å². The van der Waals surface area contributed by atoms with Crippen molar-refractivity contribution >= 4 is 41.2 Å². The molecule has 3 aromatic rings. The SMILES string of the molecule is Clc1ccc(CS/C=C/C(=N/Sc2ccccc2)OCc2ccccc2)cc1. The summed E-state index contributed by atoms with van der Waals surface area (Å²) in [7, 11) is 0. The third-order valence-corrected chi connectivity index (χ3v) is 5.52. The highest BCUT2D eigenvalue weighted by atomic mass is 35.5. The molecule has 0 bridgehead atoms. The summed E-state index contributed by atoms with van der Waals surface area (Å²) in [6, 6.07) is 28.0. The Labute approximate surface area is 179 Å². The molecule has 0 atom stereocenters. The highest BCUT2D eigenvalue weighted by Gasteiger charge is 2.00. The lowest BCUT2D eigenvalue weighted by atomic mass is 10.2. The Morgan fingerprint density at radius 3 is 2.25 bits per heavy atom. The van der Waals surface area contributed by atoms with Gasteiger partial charge in [-0.1, -0.05) is 72.3 Å². The third-order valence-electron chi connectivity index (χ3n) is 3.68. The van der Waals surface area contributed by atoms with Gasteiger partial charge in [-0.3, -0.25) is 0 Å². The largest absolute Gasteiger partial charge is 0.472 e. The topological polar surface area (TPSA) is 21.6 Å². The van der Waals surface area contributed by atoms with Gasteiger partial charge in [0.2, 0.25) is 5.90 Å². The van der Waals surface area contributed by atoms with Gasteiger partial charge < -0.3 is 4.74 Å². The van der Waals surface area contributed by atoms with E-state index in [2.05, 4.69) is 4.40 Å².